The molecule has 25 heavy (non-hydrogen) atoms. The second-order valence-corrected chi connectivity index (χ2v) is 5.84. The summed E-state index contributed by atoms with van der Waals surface area (Å²) in [4.78, 5) is 24.0. The number of carbonyl (C=O) groups excluding carboxylic acids is 2. The summed E-state index contributed by atoms with van der Waals surface area (Å²) >= 11 is 0. The molecule has 3 rings (SSSR count). The molecule has 2 aromatic rings. The van der Waals surface area contributed by atoms with Crippen molar-refractivity contribution in [1.29, 1.82) is 0 Å². The van der Waals surface area contributed by atoms with Crippen LogP contribution in [0.5, 0.6) is 5.75 Å². The van der Waals surface area contributed by atoms with Gasteiger partial charge in [-0.05, 0) is 24.3 Å². The van der Waals surface area contributed by atoms with Crippen LogP contribution in [0.15, 0.2) is 54.6 Å². The number of hydrogen-bond acceptors (Lipinski definition) is 4. The summed E-state index contributed by atoms with van der Waals surface area (Å²) in [6.07, 6.45) is 0. The van der Waals surface area contributed by atoms with Crippen LogP contribution in [-0.2, 0) is 4.79 Å². The van der Waals surface area contributed by atoms with Gasteiger partial charge < -0.3 is 15.4 Å². The van der Waals surface area contributed by atoms with Crippen LogP contribution in [0.1, 0.15) is 15.9 Å². The van der Waals surface area contributed by atoms with Crippen LogP contribution < -0.4 is 15.4 Å². The monoisotopic (exact) mass is 360 g/mol. The first-order chi connectivity index (χ1) is 11.7. The zero-order chi connectivity index (χ0) is 16.8. The molecule has 132 valence electrons. The quantitative estimate of drug-likeness (QED) is 0.742. The Morgan fingerprint density at radius 2 is 1.64 bits per heavy atom. The van der Waals surface area contributed by atoms with Crippen molar-refractivity contribution in [3.05, 3.63) is 65.7 Å². The van der Waals surface area contributed by atoms with E-state index in [9.17, 15) is 9.59 Å². The molecule has 0 aromatic heterocycles. The second kappa shape index (κ2) is 9.20. The van der Waals surface area contributed by atoms with E-state index in [2.05, 4.69) is 10.6 Å². The first kappa shape index (κ1) is 19.0. The summed E-state index contributed by atoms with van der Waals surface area (Å²) in [5.41, 5.74) is 1.24. The normalized spacial score (nSPS) is 13.3. The highest BCUT2D eigenvalue weighted by Crippen LogP contribution is 2.15. The van der Waals surface area contributed by atoms with Gasteiger partial charge in [-0.15, -0.1) is 12.4 Å². The van der Waals surface area contributed by atoms with Crippen molar-refractivity contribution >= 4 is 24.1 Å². The predicted octanol–water partition coefficient (Wildman–Crippen LogP) is 2.05. The minimum Gasteiger partial charge on any atom is -0.484 e. The van der Waals surface area contributed by atoms with Crippen LogP contribution in [0.4, 0.5) is 0 Å². The summed E-state index contributed by atoms with van der Waals surface area (Å²) in [5, 5.41) is 6.01. The maximum absolute atomic E-state index is 12.3. The molecule has 1 saturated heterocycles. The lowest BCUT2D eigenvalue weighted by atomic mass is 10.0. The molecule has 1 fully saturated rings. The molecule has 1 aliphatic rings. The molecule has 2 N–H and O–H groups in total. The van der Waals surface area contributed by atoms with Crippen LogP contribution >= 0.6 is 12.4 Å². The number of ketones is 1. The lowest BCUT2D eigenvalue weighted by molar-refractivity contribution is -0.123. The number of carbonyl (C=O) groups is 2. The number of nitrogens with one attached hydrogen (secondary N) is 2. The summed E-state index contributed by atoms with van der Waals surface area (Å²) in [6, 6.07) is 16.0. The molecule has 0 saturated carbocycles. The Bertz CT molecular complexity index is 700. The van der Waals surface area contributed by atoms with Crippen molar-refractivity contribution in [3.63, 3.8) is 0 Å². The number of benzene rings is 2. The fourth-order valence-corrected chi connectivity index (χ4v) is 2.41. The zero-order valence-electron chi connectivity index (χ0n) is 13.7. The van der Waals surface area contributed by atoms with E-state index < -0.39 is 0 Å². The Kier molecular flexibility index (Phi) is 6.98. The average Bonchev–Trinajstić information content (AvgIpc) is 2.59. The third-order valence-corrected chi connectivity index (χ3v) is 3.98. The largest absolute Gasteiger partial charge is 0.484 e. The molecule has 0 aliphatic carbocycles. The highest BCUT2D eigenvalue weighted by atomic mass is 35.5. The third-order valence-electron chi connectivity index (χ3n) is 3.98. The SMILES string of the molecule is Cl.O=C(COc1ccc(C(=O)c2ccccc2)cc1)NCC1CNC1. The van der Waals surface area contributed by atoms with Gasteiger partial charge in [0, 0.05) is 36.7 Å². The summed E-state index contributed by atoms with van der Waals surface area (Å²) < 4.78 is 5.45. The number of halogens is 1. The highest BCUT2D eigenvalue weighted by molar-refractivity contribution is 6.08. The molecule has 6 heteroatoms. The van der Waals surface area contributed by atoms with Gasteiger partial charge in [-0.2, -0.15) is 0 Å². The van der Waals surface area contributed by atoms with Crippen molar-refractivity contribution in [2.75, 3.05) is 26.2 Å². The standard InChI is InChI=1S/C19H20N2O3.ClH/c22-18(21-12-14-10-20-11-14)13-24-17-8-6-16(7-9-17)19(23)15-4-2-1-3-5-15;/h1-9,14,20H,10-13H2,(H,21,22);1H. The molecule has 1 heterocycles. The molecule has 1 amide bonds. The lowest BCUT2D eigenvalue weighted by Crippen LogP contribution is -2.48. The van der Waals surface area contributed by atoms with Crippen molar-refractivity contribution in [2.45, 2.75) is 0 Å². The number of amides is 1. The number of ether oxygens (including phenoxy) is 1. The molecule has 0 spiro atoms. The molecule has 0 bridgehead atoms. The van der Waals surface area contributed by atoms with E-state index in [1.54, 1.807) is 36.4 Å². The van der Waals surface area contributed by atoms with E-state index in [1.165, 1.54) is 0 Å². The van der Waals surface area contributed by atoms with Gasteiger partial charge in [-0.3, -0.25) is 9.59 Å². The van der Waals surface area contributed by atoms with Gasteiger partial charge in [0.25, 0.3) is 5.91 Å². The van der Waals surface area contributed by atoms with Crippen molar-refractivity contribution < 1.29 is 14.3 Å². The molecule has 0 unspecified atom stereocenters. The van der Waals surface area contributed by atoms with Gasteiger partial charge in [0.15, 0.2) is 12.4 Å². The topological polar surface area (TPSA) is 67.4 Å². The summed E-state index contributed by atoms with van der Waals surface area (Å²) in [5.74, 6) is 0.928. The average molecular weight is 361 g/mol. The molecule has 2 aromatic carbocycles. The first-order valence-electron chi connectivity index (χ1n) is 8.02. The molecular formula is C19H21ClN2O3. The Balaban J connectivity index is 0.00000225. The predicted molar refractivity (Wildman–Crippen MR) is 98.4 cm³/mol. The Morgan fingerprint density at radius 3 is 2.24 bits per heavy atom. The Labute approximate surface area is 153 Å². The lowest BCUT2D eigenvalue weighted by Gasteiger charge is -2.27. The van der Waals surface area contributed by atoms with Crippen LogP contribution in [0.2, 0.25) is 0 Å². The van der Waals surface area contributed by atoms with E-state index in [0.717, 1.165) is 13.1 Å². The van der Waals surface area contributed by atoms with Gasteiger partial charge in [0.2, 0.25) is 0 Å². The zero-order valence-corrected chi connectivity index (χ0v) is 14.6. The van der Waals surface area contributed by atoms with E-state index >= 15 is 0 Å². The van der Waals surface area contributed by atoms with Gasteiger partial charge in [-0.1, -0.05) is 30.3 Å². The fourth-order valence-electron chi connectivity index (χ4n) is 2.41. The summed E-state index contributed by atoms with van der Waals surface area (Å²) in [7, 11) is 0. The minimum atomic E-state index is -0.133. The number of hydrogen-bond donors (Lipinski definition) is 2. The molecule has 5 nitrogen and oxygen atoms in total. The maximum Gasteiger partial charge on any atom is 0.257 e. The smallest absolute Gasteiger partial charge is 0.257 e. The molecule has 0 atom stereocenters. The second-order valence-electron chi connectivity index (χ2n) is 5.84. The third kappa shape index (κ3) is 5.31. The van der Waals surface area contributed by atoms with E-state index in [0.29, 0.717) is 29.3 Å². The van der Waals surface area contributed by atoms with Crippen molar-refractivity contribution in [1.82, 2.24) is 10.6 Å². The highest BCUT2D eigenvalue weighted by Gasteiger charge is 2.17. The van der Waals surface area contributed by atoms with Crippen LogP contribution in [0, 0.1) is 5.92 Å². The Hall–Kier alpha value is -2.37. The van der Waals surface area contributed by atoms with Gasteiger partial charge >= 0.3 is 0 Å². The van der Waals surface area contributed by atoms with E-state index in [4.69, 9.17) is 4.74 Å². The Morgan fingerprint density at radius 1 is 1.00 bits per heavy atom. The summed E-state index contributed by atoms with van der Waals surface area (Å²) in [6.45, 7) is 2.57. The number of rotatable bonds is 7. The minimum absolute atomic E-state index is 0. The van der Waals surface area contributed by atoms with Gasteiger partial charge in [0.1, 0.15) is 5.75 Å². The van der Waals surface area contributed by atoms with Gasteiger partial charge in [-0.25, -0.2) is 0 Å². The van der Waals surface area contributed by atoms with Gasteiger partial charge in [0.05, 0.1) is 0 Å². The van der Waals surface area contributed by atoms with Crippen LogP contribution in [0.3, 0.4) is 0 Å². The fraction of sp³-hybridized carbons (Fsp3) is 0.263. The van der Waals surface area contributed by atoms with Crippen LogP contribution in [0.25, 0.3) is 0 Å². The van der Waals surface area contributed by atoms with Crippen LogP contribution in [-0.4, -0.2) is 37.9 Å². The first-order valence-corrected chi connectivity index (χ1v) is 8.02. The molecular weight excluding hydrogens is 340 g/mol. The van der Waals surface area contributed by atoms with E-state index in [-0.39, 0.29) is 30.7 Å². The van der Waals surface area contributed by atoms with E-state index in [1.807, 2.05) is 18.2 Å². The van der Waals surface area contributed by atoms with Crippen molar-refractivity contribution in [3.8, 4) is 5.75 Å². The maximum atomic E-state index is 12.3. The molecule has 0 radical (unpaired) electrons. The molecule has 1 aliphatic heterocycles. The van der Waals surface area contributed by atoms with Crippen molar-refractivity contribution in [2.24, 2.45) is 5.92 Å².